The maximum Gasteiger partial charge on any atom is 0.228 e. The number of anilines is 1. The van der Waals surface area contributed by atoms with E-state index in [0.717, 1.165) is 31.0 Å². The molecule has 1 aliphatic carbocycles. The third-order valence-corrected chi connectivity index (χ3v) is 3.48. The van der Waals surface area contributed by atoms with Gasteiger partial charge in [0, 0.05) is 5.92 Å². The molecule has 0 spiro atoms. The minimum absolute atomic E-state index is 0.0691. The van der Waals surface area contributed by atoms with Gasteiger partial charge >= 0.3 is 0 Å². The first kappa shape index (κ1) is 9.08. The Labute approximate surface area is 88.2 Å². The van der Waals surface area contributed by atoms with E-state index in [1.807, 2.05) is 0 Å². The summed E-state index contributed by atoms with van der Waals surface area (Å²) in [5.74, 6) is 0.801. The fourth-order valence-electron chi connectivity index (χ4n) is 1.14. The summed E-state index contributed by atoms with van der Waals surface area (Å²) in [5, 5.41) is 2.74. The number of nitrogens with zero attached hydrogens (tertiary/aromatic N) is 2. The summed E-state index contributed by atoms with van der Waals surface area (Å²) in [6.45, 7) is 0. The molecule has 0 unspecified atom stereocenters. The van der Waals surface area contributed by atoms with Crippen LogP contribution in [-0.4, -0.2) is 14.7 Å². The quantitative estimate of drug-likeness (QED) is 0.887. The van der Waals surface area contributed by atoms with Crippen molar-refractivity contribution < 1.29 is 4.79 Å². The van der Waals surface area contributed by atoms with Crippen molar-refractivity contribution in [2.24, 2.45) is 5.92 Å². The molecule has 70 valence electrons. The first-order valence-electron chi connectivity index (χ1n) is 4.06. The molecule has 0 atom stereocenters. The number of carbonyl (C=O) groups is 1. The van der Waals surface area contributed by atoms with Crippen molar-refractivity contribution in [1.82, 2.24) is 8.75 Å². The first-order chi connectivity index (χ1) is 6.27. The molecule has 1 aromatic rings. The predicted molar refractivity (Wildman–Crippen MR) is 53.6 cm³/mol. The average Bonchev–Trinajstić information content (AvgIpc) is 2.32. The van der Waals surface area contributed by atoms with Gasteiger partial charge in [-0.15, -0.1) is 0 Å². The second kappa shape index (κ2) is 3.71. The smallest absolute Gasteiger partial charge is 0.228 e. The summed E-state index contributed by atoms with van der Waals surface area (Å²) in [7, 11) is 0. The van der Waals surface area contributed by atoms with E-state index in [4.69, 9.17) is 0 Å². The number of carbonyl (C=O) groups excluding carboxylic acids is 1. The maximum absolute atomic E-state index is 11.4. The lowest BCUT2D eigenvalue weighted by Gasteiger charge is -2.23. The van der Waals surface area contributed by atoms with Crippen molar-refractivity contribution in [3.8, 4) is 0 Å². The molecule has 1 amide bonds. The Morgan fingerprint density at radius 2 is 2.31 bits per heavy atom. The zero-order valence-corrected chi connectivity index (χ0v) is 9.19. The Hall–Kier alpha value is -0.490. The van der Waals surface area contributed by atoms with Gasteiger partial charge in [-0.25, -0.2) is 0 Å². The molecular weight excluding hydrogens is 254 g/mol. The monoisotopic (exact) mass is 261 g/mol. The third-order valence-electron chi connectivity index (χ3n) is 2.17. The normalized spacial score (nSPS) is 16.7. The Balaban J connectivity index is 1.97. The molecule has 6 heteroatoms. The Morgan fingerprint density at radius 3 is 2.77 bits per heavy atom. The Kier molecular flexibility index (Phi) is 2.59. The number of nitrogens with one attached hydrogen (secondary N) is 1. The molecule has 2 rings (SSSR count). The number of halogens is 1. The van der Waals surface area contributed by atoms with Crippen LogP contribution in [0.25, 0.3) is 0 Å². The molecule has 0 radical (unpaired) electrons. The van der Waals surface area contributed by atoms with Crippen molar-refractivity contribution in [3.63, 3.8) is 0 Å². The van der Waals surface area contributed by atoms with Crippen LogP contribution >= 0.6 is 27.7 Å². The van der Waals surface area contributed by atoms with E-state index in [1.165, 1.54) is 0 Å². The lowest BCUT2D eigenvalue weighted by atomic mass is 9.85. The molecule has 13 heavy (non-hydrogen) atoms. The topological polar surface area (TPSA) is 54.9 Å². The van der Waals surface area contributed by atoms with Crippen LogP contribution in [-0.2, 0) is 4.79 Å². The van der Waals surface area contributed by atoms with Crippen LogP contribution in [0, 0.1) is 5.92 Å². The molecular formula is C7H8BrN3OS. The lowest BCUT2D eigenvalue weighted by Crippen LogP contribution is -2.28. The second-order valence-electron chi connectivity index (χ2n) is 3.02. The van der Waals surface area contributed by atoms with E-state index in [9.17, 15) is 4.79 Å². The summed E-state index contributed by atoms with van der Waals surface area (Å²) in [6.07, 6.45) is 3.16. The SMILES string of the molecule is O=C(Nc1nsnc1Br)C1CCC1. The highest BCUT2D eigenvalue weighted by Gasteiger charge is 2.26. The van der Waals surface area contributed by atoms with Crippen molar-refractivity contribution in [3.05, 3.63) is 4.60 Å². The Morgan fingerprint density at radius 1 is 1.54 bits per heavy atom. The highest BCUT2D eigenvalue weighted by molar-refractivity contribution is 9.10. The highest BCUT2D eigenvalue weighted by Crippen LogP contribution is 2.28. The van der Waals surface area contributed by atoms with E-state index >= 15 is 0 Å². The number of hydrogen-bond acceptors (Lipinski definition) is 4. The van der Waals surface area contributed by atoms with Crippen LogP contribution in [0.2, 0.25) is 0 Å². The highest BCUT2D eigenvalue weighted by atomic mass is 79.9. The number of aromatic nitrogens is 2. The molecule has 1 saturated carbocycles. The molecule has 0 aliphatic heterocycles. The fourth-order valence-corrected chi connectivity index (χ4v) is 2.05. The van der Waals surface area contributed by atoms with Crippen molar-refractivity contribution >= 4 is 39.4 Å². The predicted octanol–water partition coefficient (Wildman–Crippen LogP) is 2.04. The molecule has 0 bridgehead atoms. The zero-order valence-electron chi connectivity index (χ0n) is 6.79. The fraction of sp³-hybridized carbons (Fsp3) is 0.571. The van der Waals surface area contributed by atoms with Crippen LogP contribution in [0.3, 0.4) is 0 Å². The number of rotatable bonds is 2. The van der Waals surface area contributed by atoms with Gasteiger partial charge in [0.1, 0.15) is 0 Å². The van der Waals surface area contributed by atoms with Crippen LogP contribution < -0.4 is 5.32 Å². The summed E-state index contributed by atoms with van der Waals surface area (Å²) < 4.78 is 8.47. The van der Waals surface area contributed by atoms with E-state index in [1.54, 1.807) is 0 Å². The molecule has 1 heterocycles. The van der Waals surface area contributed by atoms with Gasteiger partial charge in [-0.3, -0.25) is 4.79 Å². The first-order valence-corrected chi connectivity index (χ1v) is 5.58. The molecule has 1 N–H and O–H groups in total. The van der Waals surface area contributed by atoms with Crippen LogP contribution in [0.15, 0.2) is 4.60 Å². The van der Waals surface area contributed by atoms with Gasteiger partial charge in [-0.1, -0.05) is 6.42 Å². The molecule has 1 fully saturated rings. The van der Waals surface area contributed by atoms with Crippen LogP contribution in [0.1, 0.15) is 19.3 Å². The average molecular weight is 262 g/mol. The molecule has 0 aromatic carbocycles. The molecule has 1 aliphatic rings. The minimum Gasteiger partial charge on any atom is -0.307 e. The van der Waals surface area contributed by atoms with Crippen molar-refractivity contribution in [1.29, 1.82) is 0 Å². The van der Waals surface area contributed by atoms with Gasteiger partial charge in [0.15, 0.2) is 10.4 Å². The minimum atomic E-state index is 0.0691. The summed E-state index contributed by atoms with van der Waals surface area (Å²) in [6, 6.07) is 0. The summed E-state index contributed by atoms with van der Waals surface area (Å²) in [5.41, 5.74) is 0. The summed E-state index contributed by atoms with van der Waals surface area (Å²) in [4.78, 5) is 11.4. The zero-order chi connectivity index (χ0) is 9.26. The Bertz CT molecular complexity index is 323. The van der Waals surface area contributed by atoms with Gasteiger partial charge in [-0.2, -0.15) is 8.75 Å². The largest absolute Gasteiger partial charge is 0.307 e. The van der Waals surface area contributed by atoms with Crippen LogP contribution in [0.4, 0.5) is 5.82 Å². The van der Waals surface area contributed by atoms with Gasteiger partial charge in [0.05, 0.1) is 11.7 Å². The molecule has 4 nitrogen and oxygen atoms in total. The molecule has 0 saturated heterocycles. The third kappa shape index (κ3) is 1.88. The van der Waals surface area contributed by atoms with Gasteiger partial charge < -0.3 is 5.32 Å². The number of amides is 1. The van der Waals surface area contributed by atoms with Crippen molar-refractivity contribution in [2.45, 2.75) is 19.3 Å². The maximum atomic E-state index is 11.4. The van der Waals surface area contributed by atoms with Crippen LogP contribution in [0.5, 0.6) is 0 Å². The van der Waals surface area contributed by atoms with Crippen molar-refractivity contribution in [2.75, 3.05) is 5.32 Å². The van der Waals surface area contributed by atoms with Gasteiger partial charge in [0.2, 0.25) is 5.91 Å². The molecule has 1 aromatic heterocycles. The van der Waals surface area contributed by atoms with Gasteiger partial charge in [-0.05, 0) is 28.8 Å². The second-order valence-corrected chi connectivity index (χ2v) is 4.30. The lowest BCUT2D eigenvalue weighted by molar-refractivity contribution is -0.122. The van der Waals surface area contributed by atoms with E-state index in [2.05, 4.69) is 30.0 Å². The van der Waals surface area contributed by atoms with Gasteiger partial charge in [0.25, 0.3) is 0 Å². The van der Waals surface area contributed by atoms with E-state index < -0.39 is 0 Å². The number of hydrogen-bond donors (Lipinski definition) is 1. The van der Waals surface area contributed by atoms with E-state index in [-0.39, 0.29) is 11.8 Å². The summed E-state index contributed by atoms with van der Waals surface area (Å²) >= 11 is 4.29. The standard InChI is InChI=1S/C7H8BrN3OS/c8-5-6(11-13-10-5)9-7(12)4-2-1-3-4/h4H,1-3H2,(H,9,11,12). The van der Waals surface area contributed by atoms with E-state index in [0.29, 0.717) is 10.4 Å².